The molecule has 0 fully saturated rings. The summed E-state index contributed by atoms with van der Waals surface area (Å²) < 4.78 is 11.4. The number of hydrogen-bond donors (Lipinski definition) is 1. The molecule has 0 bridgehead atoms. The minimum Gasteiger partial charge on any atom is -0.497 e. The second kappa shape index (κ2) is 7.17. The van der Waals surface area contributed by atoms with Crippen LogP contribution in [0.5, 0.6) is 11.5 Å². The first-order valence-corrected chi connectivity index (χ1v) is 8.13. The molecule has 1 aromatic carbocycles. The molecular weight excluding hydrogens is 264 g/mol. The van der Waals surface area contributed by atoms with Crippen molar-refractivity contribution in [1.82, 2.24) is 0 Å². The highest BCUT2D eigenvalue weighted by molar-refractivity contribution is 5.43. The summed E-state index contributed by atoms with van der Waals surface area (Å²) >= 11 is 0. The van der Waals surface area contributed by atoms with Crippen molar-refractivity contribution in [3.63, 3.8) is 0 Å². The second-order valence-electron chi connectivity index (χ2n) is 6.34. The first-order valence-electron chi connectivity index (χ1n) is 8.13. The van der Waals surface area contributed by atoms with Crippen LogP contribution in [-0.2, 0) is 0 Å². The summed E-state index contributed by atoms with van der Waals surface area (Å²) in [6.07, 6.45) is 7.47. The number of fused-ring (bicyclic) bond motifs is 1. The van der Waals surface area contributed by atoms with Gasteiger partial charge in [-0.15, -0.1) is 0 Å². The molecule has 1 heterocycles. The molecule has 0 spiro atoms. The van der Waals surface area contributed by atoms with E-state index in [4.69, 9.17) is 9.47 Å². The van der Waals surface area contributed by atoms with Crippen molar-refractivity contribution in [2.24, 2.45) is 0 Å². The first-order chi connectivity index (χ1) is 10.1. The molecule has 1 N–H and O–H groups in total. The molecule has 0 radical (unpaired) electrons. The van der Waals surface area contributed by atoms with Crippen LogP contribution in [0.25, 0.3) is 0 Å². The van der Waals surface area contributed by atoms with Crippen molar-refractivity contribution in [1.29, 1.82) is 0 Å². The van der Waals surface area contributed by atoms with E-state index in [2.05, 4.69) is 13.8 Å². The van der Waals surface area contributed by atoms with Crippen LogP contribution >= 0.6 is 0 Å². The molecule has 0 saturated heterocycles. The van der Waals surface area contributed by atoms with Gasteiger partial charge >= 0.3 is 0 Å². The molecule has 1 aliphatic heterocycles. The normalized spacial score (nSPS) is 24.3. The second-order valence-corrected chi connectivity index (χ2v) is 6.34. The number of benzene rings is 1. The van der Waals surface area contributed by atoms with Crippen molar-refractivity contribution in [3.05, 3.63) is 23.8 Å². The Labute approximate surface area is 128 Å². The Morgan fingerprint density at radius 3 is 2.76 bits per heavy atom. The topological polar surface area (TPSA) is 38.7 Å². The van der Waals surface area contributed by atoms with E-state index < -0.39 is 6.10 Å². The monoisotopic (exact) mass is 292 g/mol. The predicted molar refractivity (Wildman–Crippen MR) is 85.0 cm³/mol. The van der Waals surface area contributed by atoms with Gasteiger partial charge in [0.05, 0.1) is 13.2 Å². The zero-order valence-corrected chi connectivity index (χ0v) is 13.5. The summed E-state index contributed by atoms with van der Waals surface area (Å²) in [7, 11) is 1.65. The van der Waals surface area contributed by atoms with E-state index in [1.165, 1.54) is 25.7 Å². The number of aliphatic hydroxyl groups excluding tert-OH is 1. The van der Waals surface area contributed by atoms with Gasteiger partial charge in [0.15, 0.2) is 0 Å². The van der Waals surface area contributed by atoms with Gasteiger partial charge < -0.3 is 14.6 Å². The third-order valence-electron chi connectivity index (χ3n) is 4.37. The molecule has 1 aromatic rings. The lowest BCUT2D eigenvalue weighted by Crippen LogP contribution is -2.38. The average Bonchev–Trinajstić information content (AvgIpc) is 2.46. The number of rotatable bonds is 7. The van der Waals surface area contributed by atoms with Gasteiger partial charge in [0, 0.05) is 18.1 Å². The summed E-state index contributed by atoms with van der Waals surface area (Å²) in [6, 6.07) is 5.66. The highest BCUT2D eigenvalue weighted by atomic mass is 16.5. The first kappa shape index (κ1) is 16.2. The van der Waals surface area contributed by atoms with E-state index >= 15 is 0 Å². The van der Waals surface area contributed by atoms with Gasteiger partial charge in [0.2, 0.25) is 0 Å². The van der Waals surface area contributed by atoms with Crippen molar-refractivity contribution >= 4 is 0 Å². The van der Waals surface area contributed by atoms with Gasteiger partial charge in [-0.05, 0) is 31.9 Å². The number of hydrogen-bond acceptors (Lipinski definition) is 3. The van der Waals surface area contributed by atoms with Crippen LogP contribution in [0, 0.1) is 0 Å². The van der Waals surface area contributed by atoms with Crippen LogP contribution in [-0.4, -0.2) is 17.8 Å². The molecule has 2 rings (SSSR count). The summed E-state index contributed by atoms with van der Waals surface area (Å²) in [6.45, 7) is 4.34. The van der Waals surface area contributed by atoms with Crippen LogP contribution in [0.1, 0.15) is 70.5 Å². The Morgan fingerprint density at radius 1 is 1.29 bits per heavy atom. The SMILES string of the molecule is CCCCCCCC1(C)C[C@@H](O)c2ccc(OC)cc2O1. The van der Waals surface area contributed by atoms with E-state index in [1.54, 1.807) is 7.11 Å². The van der Waals surface area contributed by atoms with Crippen LogP contribution in [0.3, 0.4) is 0 Å². The third kappa shape index (κ3) is 4.13. The summed E-state index contributed by atoms with van der Waals surface area (Å²) in [5.74, 6) is 1.54. The molecule has 118 valence electrons. The molecule has 3 nitrogen and oxygen atoms in total. The molecule has 0 saturated carbocycles. The Bertz CT molecular complexity index is 458. The van der Waals surface area contributed by atoms with Gasteiger partial charge in [-0.3, -0.25) is 0 Å². The Kier molecular flexibility index (Phi) is 5.51. The van der Waals surface area contributed by atoms with Crippen molar-refractivity contribution < 1.29 is 14.6 Å². The smallest absolute Gasteiger partial charge is 0.129 e. The van der Waals surface area contributed by atoms with E-state index in [0.717, 1.165) is 29.9 Å². The predicted octanol–water partition coefficient (Wildman–Crippen LogP) is 4.63. The number of methoxy groups -OCH3 is 1. The van der Waals surface area contributed by atoms with Crippen molar-refractivity contribution in [2.45, 2.75) is 70.5 Å². The van der Waals surface area contributed by atoms with E-state index in [1.807, 2.05) is 18.2 Å². The number of unbranched alkanes of at least 4 members (excludes halogenated alkanes) is 4. The molecule has 0 aliphatic carbocycles. The fourth-order valence-electron chi connectivity index (χ4n) is 3.09. The van der Waals surface area contributed by atoms with Gasteiger partial charge in [-0.25, -0.2) is 0 Å². The molecule has 0 aromatic heterocycles. The van der Waals surface area contributed by atoms with E-state index in [9.17, 15) is 5.11 Å². The number of aliphatic hydroxyl groups is 1. The lowest BCUT2D eigenvalue weighted by Gasteiger charge is -2.38. The van der Waals surface area contributed by atoms with Gasteiger partial charge in [-0.2, -0.15) is 0 Å². The van der Waals surface area contributed by atoms with Gasteiger partial charge in [-0.1, -0.05) is 32.6 Å². The van der Waals surface area contributed by atoms with Crippen LogP contribution in [0.15, 0.2) is 18.2 Å². The summed E-state index contributed by atoms with van der Waals surface area (Å²) in [5.41, 5.74) is 0.601. The van der Waals surface area contributed by atoms with Gasteiger partial charge in [0.1, 0.15) is 17.1 Å². The maximum Gasteiger partial charge on any atom is 0.129 e. The van der Waals surface area contributed by atoms with Crippen molar-refractivity contribution in [2.75, 3.05) is 7.11 Å². The van der Waals surface area contributed by atoms with E-state index in [-0.39, 0.29) is 5.60 Å². The molecule has 0 amide bonds. The molecule has 3 heteroatoms. The molecule has 2 atom stereocenters. The fourth-order valence-corrected chi connectivity index (χ4v) is 3.09. The zero-order chi connectivity index (χ0) is 15.3. The minimum atomic E-state index is -0.444. The molecular formula is C18H28O3. The fraction of sp³-hybridized carbons (Fsp3) is 0.667. The molecule has 1 aliphatic rings. The molecule has 1 unspecified atom stereocenters. The number of ether oxygens (including phenoxy) is 2. The average molecular weight is 292 g/mol. The van der Waals surface area contributed by atoms with Crippen LogP contribution in [0.4, 0.5) is 0 Å². The standard InChI is InChI=1S/C18H28O3/c1-4-5-6-7-8-11-18(2)13-16(19)15-10-9-14(20-3)12-17(15)21-18/h9-10,12,16,19H,4-8,11,13H2,1-3H3/t16-,18?/m1/s1. The third-order valence-corrected chi connectivity index (χ3v) is 4.37. The highest BCUT2D eigenvalue weighted by Crippen LogP contribution is 2.43. The largest absolute Gasteiger partial charge is 0.497 e. The summed E-state index contributed by atoms with van der Waals surface area (Å²) in [4.78, 5) is 0. The Hall–Kier alpha value is -1.22. The maximum atomic E-state index is 10.4. The Morgan fingerprint density at radius 2 is 2.05 bits per heavy atom. The van der Waals surface area contributed by atoms with E-state index in [0.29, 0.717) is 6.42 Å². The zero-order valence-electron chi connectivity index (χ0n) is 13.5. The van der Waals surface area contributed by atoms with Crippen molar-refractivity contribution in [3.8, 4) is 11.5 Å². The molecule has 21 heavy (non-hydrogen) atoms. The lowest BCUT2D eigenvalue weighted by molar-refractivity contribution is -0.00866. The summed E-state index contributed by atoms with van der Waals surface area (Å²) in [5, 5.41) is 10.4. The Balaban J connectivity index is 1.99. The van der Waals surface area contributed by atoms with Crippen LogP contribution < -0.4 is 9.47 Å². The van der Waals surface area contributed by atoms with Gasteiger partial charge in [0.25, 0.3) is 0 Å². The van der Waals surface area contributed by atoms with Crippen LogP contribution in [0.2, 0.25) is 0 Å². The maximum absolute atomic E-state index is 10.4. The highest BCUT2D eigenvalue weighted by Gasteiger charge is 2.36. The minimum absolute atomic E-state index is 0.273. The lowest BCUT2D eigenvalue weighted by atomic mass is 9.86. The quantitative estimate of drug-likeness (QED) is 0.745.